The van der Waals surface area contributed by atoms with Crippen LogP contribution >= 0.6 is 34.8 Å². The third kappa shape index (κ3) is 3.64. The zero-order chi connectivity index (χ0) is 15.6. The number of rotatable bonds is 3. The van der Waals surface area contributed by atoms with Gasteiger partial charge in [-0.2, -0.15) is 0 Å². The number of nitro groups is 1. The van der Waals surface area contributed by atoms with Crippen molar-refractivity contribution in [3.05, 3.63) is 67.1 Å². The smallest absolute Gasteiger partial charge is 0.270 e. The molecule has 0 radical (unpaired) electrons. The summed E-state index contributed by atoms with van der Waals surface area (Å²) in [7, 11) is 0. The number of hydrogen-bond acceptors (Lipinski definition) is 3. The number of carbonyl (C=O) groups excluding carboxylic acids is 1. The van der Waals surface area contributed by atoms with Crippen LogP contribution in [-0.4, -0.2) is 10.8 Å². The number of amides is 1. The van der Waals surface area contributed by atoms with Crippen LogP contribution < -0.4 is 5.32 Å². The summed E-state index contributed by atoms with van der Waals surface area (Å²) in [5, 5.41) is 13.9. The molecule has 0 saturated heterocycles. The van der Waals surface area contributed by atoms with Crippen molar-refractivity contribution in [1.29, 1.82) is 0 Å². The van der Waals surface area contributed by atoms with E-state index in [1.54, 1.807) is 0 Å². The summed E-state index contributed by atoms with van der Waals surface area (Å²) in [5.41, 5.74) is 0.219. The zero-order valence-electron chi connectivity index (χ0n) is 10.3. The first-order valence-electron chi connectivity index (χ1n) is 5.59. The number of nitrogens with zero attached hydrogens (tertiary/aromatic N) is 1. The van der Waals surface area contributed by atoms with Crippen LogP contribution in [0.3, 0.4) is 0 Å². The Hall–Kier alpha value is -1.82. The molecule has 5 nitrogen and oxygen atoms in total. The Bertz CT molecular complexity index is 735. The van der Waals surface area contributed by atoms with E-state index >= 15 is 0 Å². The van der Waals surface area contributed by atoms with Gasteiger partial charge in [-0.1, -0.05) is 40.9 Å². The predicted octanol–water partition coefficient (Wildman–Crippen LogP) is 4.81. The van der Waals surface area contributed by atoms with Crippen LogP contribution in [0.4, 0.5) is 11.4 Å². The predicted molar refractivity (Wildman–Crippen MR) is 82.5 cm³/mol. The van der Waals surface area contributed by atoms with Gasteiger partial charge in [-0.05, 0) is 18.2 Å². The third-order valence-electron chi connectivity index (χ3n) is 2.58. The van der Waals surface area contributed by atoms with Crippen LogP contribution in [-0.2, 0) is 0 Å². The number of nitrogens with one attached hydrogen (secondary N) is 1. The van der Waals surface area contributed by atoms with Gasteiger partial charge in [0.25, 0.3) is 11.6 Å². The molecule has 0 unspecified atom stereocenters. The number of nitro benzene ring substituents is 1. The average molecular weight is 346 g/mol. The maximum atomic E-state index is 12.1. The Morgan fingerprint density at radius 3 is 2.38 bits per heavy atom. The van der Waals surface area contributed by atoms with Gasteiger partial charge in [0.2, 0.25) is 0 Å². The summed E-state index contributed by atoms with van der Waals surface area (Å²) in [6.07, 6.45) is 0. The van der Waals surface area contributed by atoms with Crippen molar-refractivity contribution in [2.45, 2.75) is 0 Å². The largest absolute Gasteiger partial charge is 0.321 e. The van der Waals surface area contributed by atoms with Crippen molar-refractivity contribution in [2.75, 3.05) is 5.32 Å². The van der Waals surface area contributed by atoms with Crippen LogP contribution in [0.25, 0.3) is 0 Å². The van der Waals surface area contributed by atoms with Crippen molar-refractivity contribution in [3.63, 3.8) is 0 Å². The Labute approximate surface area is 134 Å². The maximum absolute atomic E-state index is 12.1. The fourth-order valence-electron chi connectivity index (χ4n) is 1.57. The van der Waals surface area contributed by atoms with Gasteiger partial charge in [-0.15, -0.1) is 0 Å². The van der Waals surface area contributed by atoms with Gasteiger partial charge in [0.05, 0.1) is 25.7 Å². The first-order valence-corrected chi connectivity index (χ1v) is 6.72. The maximum Gasteiger partial charge on any atom is 0.270 e. The fourth-order valence-corrected chi connectivity index (χ4v) is 2.17. The molecular weight excluding hydrogens is 339 g/mol. The van der Waals surface area contributed by atoms with Crippen LogP contribution in [0.5, 0.6) is 0 Å². The summed E-state index contributed by atoms with van der Waals surface area (Å²) in [4.78, 5) is 22.2. The standard InChI is InChI=1S/C13H7Cl3N2O3/c14-9-5-11(16)12(6-10(9)15)17-13(19)7-2-1-3-8(4-7)18(20)21/h1-6H,(H,17,19). The molecule has 0 saturated carbocycles. The molecule has 0 aliphatic rings. The van der Waals surface area contributed by atoms with Crippen molar-refractivity contribution < 1.29 is 9.72 Å². The van der Waals surface area contributed by atoms with E-state index in [1.165, 1.54) is 36.4 Å². The van der Waals surface area contributed by atoms with Crippen LogP contribution in [0.1, 0.15) is 10.4 Å². The van der Waals surface area contributed by atoms with Gasteiger partial charge in [0, 0.05) is 17.7 Å². The molecule has 0 fully saturated rings. The second-order valence-corrected chi connectivity index (χ2v) is 5.23. The zero-order valence-corrected chi connectivity index (χ0v) is 12.5. The number of anilines is 1. The third-order valence-corrected chi connectivity index (χ3v) is 3.61. The van der Waals surface area contributed by atoms with Crippen LogP contribution in [0.2, 0.25) is 15.1 Å². The lowest BCUT2D eigenvalue weighted by molar-refractivity contribution is -0.384. The fraction of sp³-hybridized carbons (Fsp3) is 0. The molecule has 0 aliphatic carbocycles. The van der Waals surface area contributed by atoms with Crippen molar-refractivity contribution in [2.24, 2.45) is 0 Å². The summed E-state index contributed by atoms with van der Waals surface area (Å²) in [5.74, 6) is -0.543. The van der Waals surface area contributed by atoms with E-state index in [2.05, 4.69) is 5.32 Å². The molecular formula is C13H7Cl3N2O3. The van der Waals surface area contributed by atoms with E-state index in [-0.39, 0.29) is 32.0 Å². The molecule has 2 aromatic rings. The Balaban J connectivity index is 2.28. The highest BCUT2D eigenvalue weighted by atomic mass is 35.5. The molecule has 0 spiro atoms. The quantitative estimate of drug-likeness (QED) is 0.493. The van der Waals surface area contributed by atoms with E-state index in [9.17, 15) is 14.9 Å². The van der Waals surface area contributed by atoms with E-state index in [0.717, 1.165) is 0 Å². The van der Waals surface area contributed by atoms with Crippen molar-refractivity contribution >= 4 is 52.1 Å². The van der Waals surface area contributed by atoms with Gasteiger partial charge in [-0.3, -0.25) is 14.9 Å². The lowest BCUT2D eigenvalue weighted by Gasteiger charge is -2.08. The van der Waals surface area contributed by atoms with Gasteiger partial charge in [0.1, 0.15) is 0 Å². The lowest BCUT2D eigenvalue weighted by Crippen LogP contribution is -2.12. The second-order valence-electron chi connectivity index (χ2n) is 4.01. The summed E-state index contributed by atoms with van der Waals surface area (Å²) < 4.78 is 0. The minimum absolute atomic E-state index is 0.131. The molecule has 0 atom stereocenters. The second kappa shape index (κ2) is 6.30. The molecule has 2 rings (SSSR count). The molecule has 0 aliphatic heterocycles. The van der Waals surface area contributed by atoms with Gasteiger partial charge in [-0.25, -0.2) is 0 Å². The first-order chi connectivity index (χ1) is 9.88. The molecule has 0 bridgehead atoms. The Morgan fingerprint density at radius 1 is 1.05 bits per heavy atom. The first kappa shape index (κ1) is 15.6. The van der Waals surface area contributed by atoms with Gasteiger partial charge in [0.15, 0.2) is 0 Å². The monoisotopic (exact) mass is 344 g/mol. The molecule has 1 amide bonds. The van der Waals surface area contributed by atoms with Crippen LogP contribution in [0.15, 0.2) is 36.4 Å². The average Bonchev–Trinajstić information content (AvgIpc) is 2.44. The highest BCUT2D eigenvalue weighted by Crippen LogP contribution is 2.32. The number of benzene rings is 2. The summed E-state index contributed by atoms with van der Waals surface area (Å²) in [6.45, 7) is 0. The van der Waals surface area contributed by atoms with E-state index in [0.29, 0.717) is 0 Å². The Kier molecular flexibility index (Phi) is 4.67. The minimum Gasteiger partial charge on any atom is -0.321 e. The van der Waals surface area contributed by atoms with E-state index in [4.69, 9.17) is 34.8 Å². The molecule has 0 aromatic heterocycles. The molecule has 1 N–H and O–H groups in total. The lowest BCUT2D eigenvalue weighted by atomic mass is 10.2. The molecule has 0 heterocycles. The number of halogens is 3. The Morgan fingerprint density at radius 2 is 1.71 bits per heavy atom. The topological polar surface area (TPSA) is 72.2 Å². The number of hydrogen-bond donors (Lipinski definition) is 1. The van der Waals surface area contributed by atoms with Crippen LogP contribution in [0, 0.1) is 10.1 Å². The normalized spacial score (nSPS) is 10.2. The minimum atomic E-state index is -0.580. The van der Waals surface area contributed by atoms with Gasteiger partial charge < -0.3 is 5.32 Å². The summed E-state index contributed by atoms with van der Waals surface area (Å²) >= 11 is 17.6. The highest BCUT2D eigenvalue weighted by molar-refractivity contribution is 6.44. The molecule has 21 heavy (non-hydrogen) atoms. The molecule has 8 heteroatoms. The van der Waals surface area contributed by atoms with E-state index < -0.39 is 10.8 Å². The summed E-state index contributed by atoms with van der Waals surface area (Å²) in [6, 6.07) is 8.14. The number of carbonyl (C=O) groups is 1. The van der Waals surface area contributed by atoms with Gasteiger partial charge >= 0.3 is 0 Å². The molecule has 108 valence electrons. The molecule has 2 aromatic carbocycles. The van der Waals surface area contributed by atoms with E-state index in [1.807, 2.05) is 0 Å². The SMILES string of the molecule is O=C(Nc1cc(Cl)c(Cl)cc1Cl)c1cccc([N+](=O)[O-])c1. The van der Waals surface area contributed by atoms with Crippen molar-refractivity contribution in [3.8, 4) is 0 Å². The van der Waals surface area contributed by atoms with Crippen molar-refractivity contribution in [1.82, 2.24) is 0 Å². The number of non-ortho nitro benzene ring substituents is 1. The highest BCUT2D eigenvalue weighted by Gasteiger charge is 2.14.